The average Bonchev–Trinajstić information content (AvgIpc) is 2.74. The molecule has 0 radical (unpaired) electrons. The highest BCUT2D eigenvalue weighted by Crippen LogP contribution is 2.31. The largest absolute Gasteiger partial charge is 0.445 e. The summed E-state index contributed by atoms with van der Waals surface area (Å²) in [5, 5.41) is 3.10. The Morgan fingerprint density at radius 3 is 2.45 bits per heavy atom. The van der Waals surface area contributed by atoms with E-state index in [-0.39, 0.29) is 12.4 Å². The van der Waals surface area contributed by atoms with Gasteiger partial charge in [0, 0.05) is 5.56 Å². The fourth-order valence-electron chi connectivity index (χ4n) is 3.18. The molecule has 0 aliphatic heterocycles. The summed E-state index contributed by atoms with van der Waals surface area (Å²) in [6.45, 7) is 7.09. The Morgan fingerprint density at radius 2 is 1.77 bits per heavy atom. The van der Waals surface area contributed by atoms with Gasteiger partial charge in [0.2, 0.25) is 0 Å². The third-order valence-corrected chi connectivity index (χ3v) is 5.06. The van der Waals surface area contributed by atoms with Gasteiger partial charge in [-0.1, -0.05) is 37.3 Å². The number of aryl methyl sites for hydroxylation is 2. The summed E-state index contributed by atoms with van der Waals surface area (Å²) >= 11 is 0. The van der Waals surface area contributed by atoms with Gasteiger partial charge < -0.3 is 19.2 Å². The highest BCUT2D eigenvalue weighted by Gasteiger charge is 2.24. The van der Waals surface area contributed by atoms with E-state index >= 15 is 0 Å². The lowest BCUT2D eigenvalue weighted by Gasteiger charge is -2.17. The Bertz CT molecular complexity index is 1170. The molecule has 3 rings (SSSR count). The van der Waals surface area contributed by atoms with Crippen molar-refractivity contribution >= 4 is 23.0 Å². The van der Waals surface area contributed by atoms with Crippen LogP contribution in [0.2, 0.25) is 0 Å². The number of carbonyl (C=O) groups is 2. The molecule has 2 aromatic carbocycles. The predicted molar refractivity (Wildman–Crippen MR) is 116 cm³/mol. The standard InChI is InChI=1S/C24H25NO6/c1-5-18(25-24(28)29-13-17-9-7-6-8-10-17)23(27)31-20-12-14(2)11-19-21(20)15(3)16(4)22(26)30-19/h6-12,18H,5,13H2,1-4H3,(H,25,28). The van der Waals surface area contributed by atoms with E-state index < -0.39 is 23.7 Å². The van der Waals surface area contributed by atoms with Crippen LogP contribution in [0.1, 0.15) is 35.6 Å². The Balaban J connectivity index is 1.76. The molecule has 162 valence electrons. The third-order valence-electron chi connectivity index (χ3n) is 5.06. The Hall–Kier alpha value is -3.61. The summed E-state index contributed by atoms with van der Waals surface area (Å²) in [5.74, 6) is -0.350. The summed E-state index contributed by atoms with van der Waals surface area (Å²) in [4.78, 5) is 36.9. The van der Waals surface area contributed by atoms with E-state index in [2.05, 4.69) is 5.32 Å². The molecule has 0 spiro atoms. The quantitative estimate of drug-likeness (QED) is 0.360. The van der Waals surface area contributed by atoms with Crippen molar-refractivity contribution in [1.82, 2.24) is 5.32 Å². The summed E-state index contributed by atoms with van der Waals surface area (Å²) < 4.78 is 16.2. The minimum atomic E-state index is -0.893. The topological polar surface area (TPSA) is 94.8 Å². The number of esters is 1. The number of nitrogens with one attached hydrogen (secondary N) is 1. The predicted octanol–water partition coefficient (Wildman–Crippen LogP) is 4.33. The number of ether oxygens (including phenoxy) is 2. The summed E-state index contributed by atoms with van der Waals surface area (Å²) in [6, 6.07) is 11.8. The molecule has 7 nitrogen and oxygen atoms in total. The van der Waals surface area contributed by atoms with Crippen LogP contribution < -0.4 is 15.7 Å². The number of fused-ring (bicyclic) bond motifs is 1. The van der Waals surface area contributed by atoms with Crippen LogP contribution in [0.25, 0.3) is 11.0 Å². The molecule has 1 aromatic heterocycles. The molecular weight excluding hydrogens is 398 g/mol. The molecule has 0 saturated heterocycles. The van der Waals surface area contributed by atoms with E-state index in [0.29, 0.717) is 28.5 Å². The van der Waals surface area contributed by atoms with Gasteiger partial charge in [0.05, 0.1) is 5.39 Å². The minimum Gasteiger partial charge on any atom is -0.445 e. The normalized spacial score (nSPS) is 11.7. The van der Waals surface area contributed by atoms with Gasteiger partial charge in [-0.05, 0) is 56.0 Å². The van der Waals surface area contributed by atoms with Crippen LogP contribution in [0.15, 0.2) is 51.7 Å². The summed E-state index contributed by atoms with van der Waals surface area (Å²) in [6.07, 6.45) is -0.393. The van der Waals surface area contributed by atoms with E-state index in [1.54, 1.807) is 32.9 Å². The lowest BCUT2D eigenvalue weighted by atomic mass is 10.0. The van der Waals surface area contributed by atoms with Crippen LogP contribution in [0.4, 0.5) is 4.79 Å². The monoisotopic (exact) mass is 423 g/mol. The van der Waals surface area contributed by atoms with Crippen molar-refractivity contribution in [3.05, 3.63) is 75.1 Å². The number of amides is 1. The van der Waals surface area contributed by atoms with Crippen molar-refractivity contribution in [2.45, 2.75) is 46.8 Å². The molecular formula is C24H25NO6. The smallest absolute Gasteiger partial charge is 0.408 e. The highest BCUT2D eigenvalue weighted by atomic mass is 16.6. The maximum Gasteiger partial charge on any atom is 0.408 e. The second kappa shape index (κ2) is 9.47. The molecule has 31 heavy (non-hydrogen) atoms. The van der Waals surface area contributed by atoms with Gasteiger partial charge in [-0.3, -0.25) is 0 Å². The van der Waals surface area contributed by atoms with Crippen molar-refractivity contribution in [3.8, 4) is 5.75 Å². The van der Waals surface area contributed by atoms with Crippen LogP contribution >= 0.6 is 0 Å². The molecule has 1 atom stereocenters. The van der Waals surface area contributed by atoms with Crippen LogP contribution in [-0.2, 0) is 16.1 Å². The van der Waals surface area contributed by atoms with Gasteiger partial charge in [-0.2, -0.15) is 0 Å². The SMILES string of the molecule is CCC(NC(=O)OCc1ccccc1)C(=O)Oc1cc(C)cc2oc(=O)c(C)c(C)c12. The highest BCUT2D eigenvalue weighted by molar-refractivity contribution is 5.92. The lowest BCUT2D eigenvalue weighted by molar-refractivity contribution is -0.136. The molecule has 0 aliphatic carbocycles. The zero-order valence-electron chi connectivity index (χ0n) is 18.0. The first kappa shape index (κ1) is 22.1. The maximum atomic E-state index is 12.8. The van der Waals surface area contributed by atoms with E-state index in [1.165, 1.54) is 0 Å². The van der Waals surface area contributed by atoms with E-state index in [9.17, 15) is 14.4 Å². The first-order valence-corrected chi connectivity index (χ1v) is 10.0. The molecule has 0 fully saturated rings. The van der Waals surface area contributed by atoms with Gasteiger partial charge in [0.25, 0.3) is 0 Å². The van der Waals surface area contributed by atoms with Crippen molar-refractivity contribution in [2.75, 3.05) is 0 Å². The number of benzene rings is 2. The van der Waals surface area contributed by atoms with Crippen LogP contribution in [-0.4, -0.2) is 18.1 Å². The van der Waals surface area contributed by atoms with Crippen LogP contribution in [0.3, 0.4) is 0 Å². The van der Waals surface area contributed by atoms with Crippen molar-refractivity contribution in [3.63, 3.8) is 0 Å². The van der Waals surface area contributed by atoms with Crippen molar-refractivity contribution < 1.29 is 23.5 Å². The molecule has 7 heteroatoms. The lowest BCUT2D eigenvalue weighted by Crippen LogP contribution is -2.42. The average molecular weight is 423 g/mol. The van der Waals surface area contributed by atoms with Crippen molar-refractivity contribution in [1.29, 1.82) is 0 Å². The molecule has 0 bridgehead atoms. The molecule has 0 saturated carbocycles. The number of alkyl carbamates (subject to hydrolysis) is 1. The second-order valence-electron chi connectivity index (χ2n) is 7.36. The van der Waals surface area contributed by atoms with Gasteiger partial charge in [0.1, 0.15) is 24.0 Å². The fourth-order valence-corrected chi connectivity index (χ4v) is 3.18. The van der Waals surface area contributed by atoms with E-state index in [1.807, 2.05) is 37.3 Å². The number of hydrogen-bond acceptors (Lipinski definition) is 6. The molecule has 1 heterocycles. The van der Waals surface area contributed by atoms with Crippen LogP contribution in [0, 0.1) is 20.8 Å². The molecule has 3 aromatic rings. The van der Waals surface area contributed by atoms with Gasteiger partial charge in [-0.15, -0.1) is 0 Å². The number of carbonyl (C=O) groups excluding carboxylic acids is 2. The summed E-state index contributed by atoms with van der Waals surface area (Å²) in [7, 11) is 0. The maximum absolute atomic E-state index is 12.8. The first-order chi connectivity index (χ1) is 14.8. The third kappa shape index (κ3) is 5.12. The van der Waals surface area contributed by atoms with E-state index in [0.717, 1.165) is 11.1 Å². The van der Waals surface area contributed by atoms with Crippen molar-refractivity contribution in [2.24, 2.45) is 0 Å². The number of hydrogen-bond donors (Lipinski definition) is 1. The Labute approximate surface area is 180 Å². The van der Waals surface area contributed by atoms with Gasteiger partial charge in [-0.25, -0.2) is 14.4 Å². The fraction of sp³-hybridized carbons (Fsp3) is 0.292. The number of rotatable bonds is 6. The molecule has 0 aliphatic rings. The summed E-state index contributed by atoms with van der Waals surface area (Å²) in [5.41, 5.74) is 2.65. The Morgan fingerprint density at radius 1 is 1.06 bits per heavy atom. The molecule has 1 unspecified atom stereocenters. The molecule has 1 N–H and O–H groups in total. The van der Waals surface area contributed by atoms with E-state index in [4.69, 9.17) is 13.9 Å². The zero-order valence-corrected chi connectivity index (χ0v) is 18.0. The Kier molecular flexibility index (Phi) is 6.74. The van der Waals surface area contributed by atoms with Crippen LogP contribution in [0.5, 0.6) is 5.75 Å². The second-order valence-corrected chi connectivity index (χ2v) is 7.36. The zero-order chi connectivity index (χ0) is 22.5. The van der Waals surface area contributed by atoms with Gasteiger partial charge in [0.15, 0.2) is 0 Å². The minimum absolute atomic E-state index is 0.0954. The molecule has 1 amide bonds. The first-order valence-electron chi connectivity index (χ1n) is 10.0. The van der Waals surface area contributed by atoms with Gasteiger partial charge >= 0.3 is 17.7 Å².